The Labute approximate surface area is 71.0 Å². The molecule has 1 aromatic heterocycles. The van der Waals surface area contributed by atoms with Gasteiger partial charge in [-0.25, -0.2) is 4.98 Å². The number of rotatable bonds is 1. The smallest absolute Gasteiger partial charge is 0.452 e. The number of nitrogens with zero attached hydrogens (tertiary/aromatic N) is 1. The molecule has 0 aliphatic carbocycles. The van der Waals surface area contributed by atoms with Crippen molar-refractivity contribution in [1.29, 1.82) is 0 Å². The highest BCUT2D eigenvalue weighted by Crippen LogP contribution is 2.18. The Morgan fingerprint density at radius 3 is 2.92 bits per heavy atom. The van der Waals surface area contributed by atoms with E-state index in [0.29, 0.717) is 12.3 Å². The molecule has 1 saturated heterocycles. The van der Waals surface area contributed by atoms with Crippen molar-refractivity contribution in [2.75, 3.05) is 6.61 Å². The molecular formula is C7H10BNO3. The molecule has 1 aliphatic heterocycles. The third-order valence-corrected chi connectivity index (χ3v) is 1.69. The Morgan fingerprint density at radius 1 is 1.58 bits per heavy atom. The Hall–Kier alpha value is -0.805. The highest BCUT2D eigenvalue weighted by Gasteiger charge is 2.40. The van der Waals surface area contributed by atoms with Crippen LogP contribution in [-0.2, 0) is 9.31 Å². The van der Waals surface area contributed by atoms with Gasteiger partial charge in [-0.1, -0.05) is 0 Å². The Kier molecular flexibility index (Phi) is 1.70. The minimum absolute atomic E-state index is 0.225. The third-order valence-electron chi connectivity index (χ3n) is 1.69. The first kappa shape index (κ1) is 7.82. The molecule has 0 saturated carbocycles. The van der Waals surface area contributed by atoms with Crippen molar-refractivity contribution in [3.8, 4) is 0 Å². The molecular weight excluding hydrogens is 157 g/mol. The highest BCUT2D eigenvalue weighted by molar-refractivity contribution is 6.60. The van der Waals surface area contributed by atoms with Crippen LogP contribution in [0.1, 0.15) is 13.8 Å². The number of oxazole rings is 1. The number of aromatic nitrogens is 1. The van der Waals surface area contributed by atoms with Crippen LogP contribution in [0.5, 0.6) is 0 Å². The molecule has 1 fully saturated rings. The first-order chi connectivity index (χ1) is 5.67. The standard InChI is InChI=1S/C7H10BNO3/c1-7(2)4-11-8(12-7)6-3-9-5-10-6/h3,5H,4H2,1-2H3. The summed E-state index contributed by atoms with van der Waals surface area (Å²) in [5.41, 5.74) is 0.401. The van der Waals surface area contributed by atoms with Gasteiger partial charge < -0.3 is 13.7 Å². The van der Waals surface area contributed by atoms with Crippen molar-refractivity contribution in [2.45, 2.75) is 19.4 Å². The van der Waals surface area contributed by atoms with Crippen molar-refractivity contribution < 1.29 is 13.7 Å². The fourth-order valence-corrected chi connectivity index (χ4v) is 1.12. The van der Waals surface area contributed by atoms with E-state index in [9.17, 15) is 0 Å². The second-order valence-electron chi connectivity index (χ2n) is 3.42. The molecule has 1 aliphatic rings. The van der Waals surface area contributed by atoms with E-state index < -0.39 is 0 Å². The van der Waals surface area contributed by atoms with Gasteiger partial charge in [0.05, 0.1) is 18.4 Å². The average molecular weight is 167 g/mol. The summed E-state index contributed by atoms with van der Waals surface area (Å²) in [6.07, 6.45) is 2.97. The fraction of sp³-hybridized carbons (Fsp3) is 0.571. The largest absolute Gasteiger partial charge is 0.534 e. The predicted octanol–water partition coefficient (Wildman–Crippen LogP) is 0.195. The maximum atomic E-state index is 5.54. The van der Waals surface area contributed by atoms with E-state index in [1.54, 1.807) is 6.20 Å². The summed E-state index contributed by atoms with van der Waals surface area (Å²) >= 11 is 0. The van der Waals surface area contributed by atoms with Crippen LogP contribution in [-0.4, -0.2) is 24.3 Å². The van der Waals surface area contributed by atoms with Gasteiger partial charge in [0.2, 0.25) is 0 Å². The lowest BCUT2D eigenvalue weighted by Gasteiger charge is -2.14. The van der Waals surface area contributed by atoms with Crippen LogP contribution in [0, 0.1) is 0 Å². The normalized spacial score (nSPS) is 21.7. The maximum Gasteiger partial charge on any atom is 0.534 e. The predicted molar refractivity (Wildman–Crippen MR) is 43.0 cm³/mol. The van der Waals surface area contributed by atoms with E-state index in [-0.39, 0.29) is 12.7 Å². The van der Waals surface area contributed by atoms with Crippen LogP contribution >= 0.6 is 0 Å². The van der Waals surface area contributed by atoms with Crippen molar-refractivity contribution >= 4 is 12.8 Å². The van der Waals surface area contributed by atoms with Gasteiger partial charge in [0, 0.05) is 0 Å². The summed E-state index contributed by atoms with van der Waals surface area (Å²) in [4.78, 5) is 3.79. The molecule has 0 amide bonds. The number of hydrogen-bond acceptors (Lipinski definition) is 4. The van der Waals surface area contributed by atoms with Gasteiger partial charge in [-0.2, -0.15) is 0 Å². The summed E-state index contributed by atoms with van der Waals surface area (Å²) in [5.74, 6) is 0. The molecule has 0 bridgehead atoms. The van der Waals surface area contributed by atoms with Gasteiger partial charge in [0.15, 0.2) is 12.1 Å². The van der Waals surface area contributed by atoms with Gasteiger partial charge in [-0.15, -0.1) is 0 Å². The molecule has 4 nitrogen and oxygen atoms in total. The second-order valence-corrected chi connectivity index (χ2v) is 3.42. The fourth-order valence-electron chi connectivity index (χ4n) is 1.12. The first-order valence-electron chi connectivity index (χ1n) is 3.85. The van der Waals surface area contributed by atoms with E-state index >= 15 is 0 Å². The zero-order valence-electron chi connectivity index (χ0n) is 7.11. The van der Waals surface area contributed by atoms with Crippen LogP contribution in [0.25, 0.3) is 0 Å². The lowest BCUT2D eigenvalue weighted by atomic mass is 9.87. The molecule has 0 spiro atoms. The monoisotopic (exact) mass is 167 g/mol. The van der Waals surface area contributed by atoms with Crippen molar-refractivity contribution in [3.05, 3.63) is 12.6 Å². The quantitative estimate of drug-likeness (QED) is 0.560. The Morgan fingerprint density at radius 2 is 2.42 bits per heavy atom. The van der Waals surface area contributed by atoms with E-state index in [1.807, 2.05) is 13.8 Å². The van der Waals surface area contributed by atoms with Crippen molar-refractivity contribution in [1.82, 2.24) is 4.98 Å². The lowest BCUT2D eigenvalue weighted by Crippen LogP contribution is -2.33. The average Bonchev–Trinajstić information content (AvgIpc) is 2.55. The highest BCUT2D eigenvalue weighted by atomic mass is 16.7. The van der Waals surface area contributed by atoms with Gasteiger partial charge in [-0.05, 0) is 13.8 Å². The molecule has 0 radical (unpaired) electrons. The molecule has 64 valence electrons. The van der Waals surface area contributed by atoms with Crippen LogP contribution in [0.15, 0.2) is 17.0 Å². The summed E-state index contributed by atoms with van der Waals surface area (Å²) in [5, 5.41) is 0. The molecule has 0 aromatic carbocycles. The summed E-state index contributed by atoms with van der Waals surface area (Å²) in [6.45, 7) is 4.53. The number of hydrogen-bond donors (Lipinski definition) is 0. The van der Waals surface area contributed by atoms with Crippen LogP contribution < -0.4 is 5.66 Å². The molecule has 1 aromatic rings. The molecule has 5 heteroatoms. The third kappa shape index (κ3) is 1.37. The Bertz CT molecular complexity index is 260. The minimum Gasteiger partial charge on any atom is -0.452 e. The molecule has 0 atom stereocenters. The summed E-state index contributed by atoms with van der Waals surface area (Å²) in [7, 11) is -0.387. The van der Waals surface area contributed by atoms with E-state index in [4.69, 9.17) is 13.7 Å². The maximum absolute atomic E-state index is 5.54. The minimum atomic E-state index is -0.387. The zero-order valence-corrected chi connectivity index (χ0v) is 7.11. The first-order valence-corrected chi connectivity index (χ1v) is 3.85. The summed E-state index contributed by atoms with van der Waals surface area (Å²) in [6, 6.07) is 0. The van der Waals surface area contributed by atoms with Crippen LogP contribution in [0.4, 0.5) is 0 Å². The van der Waals surface area contributed by atoms with Gasteiger partial charge in [0.25, 0.3) is 0 Å². The molecule has 0 unspecified atom stereocenters. The Balaban J connectivity index is 2.10. The van der Waals surface area contributed by atoms with Gasteiger partial charge in [-0.3, -0.25) is 0 Å². The van der Waals surface area contributed by atoms with E-state index in [1.165, 1.54) is 6.39 Å². The van der Waals surface area contributed by atoms with Gasteiger partial charge >= 0.3 is 7.12 Å². The van der Waals surface area contributed by atoms with Crippen LogP contribution in [0.3, 0.4) is 0 Å². The van der Waals surface area contributed by atoms with Crippen LogP contribution in [0.2, 0.25) is 0 Å². The van der Waals surface area contributed by atoms with Crippen molar-refractivity contribution in [3.63, 3.8) is 0 Å². The van der Waals surface area contributed by atoms with Gasteiger partial charge in [0.1, 0.15) is 0 Å². The second kappa shape index (κ2) is 2.60. The van der Waals surface area contributed by atoms with E-state index in [2.05, 4.69) is 4.98 Å². The molecule has 2 rings (SSSR count). The van der Waals surface area contributed by atoms with E-state index in [0.717, 1.165) is 0 Å². The topological polar surface area (TPSA) is 44.5 Å². The SMILES string of the molecule is CC1(C)COB(c2cnco2)O1. The molecule has 0 N–H and O–H groups in total. The molecule has 12 heavy (non-hydrogen) atoms. The molecule has 2 heterocycles. The summed E-state index contributed by atoms with van der Waals surface area (Å²) < 4.78 is 15.9. The zero-order chi connectivity index (χ0) is 8.60. The van der Waals surface area contributed by atoms with Crippen molar-refractivity contribution in [2.24, 2.45) is 0 Å². The lowest BCUT2D eigenvalue weighted by molar-refractivity contribution is 0.136.